The van der Waals surface area contributed by atoms with Crippen molar-refractivity contribution in [2.24, 2.45) is 5.41 Å². The number of rotatable bonds is 2. The quantitative estimate of drug-likeness (QED) is 0.738. The van der Waals surface area contributed by atoms with Crippen LogP contribution in [0.2, 0.25) is 0 Å². The molecule has 0 atom stereocenters. The van der Waals surface area contributed by atoms with Crippen LogP contribution in [-0.2, 0) is 4.79 Å². The Hall–Kier alpha value is -1.77. The van der Waals surface area contributed by atoms with Gasteiger partial charge in [0.2, 0.25) is 6.75 Å². The third-order valence-electron chi connectivity index (χ3n) is 2.44. The molecular weight excluding hydrogens is 216 g/mol. The molecule has 0 spiro atoms. The van der Waals surface area contributed by atoms with E-state index < -0.39 is 12.2 Å². The van der Waals surface area contributed by atoms with Crippen molar-refractivity contribution in [2.45, 2.75) is 20.8 Å². The van der Waals surface area contributed by atoms with Gasteiger partial charge in [-0.1, -0.05) is 32.9 Å². The predicted octanol–water partition coefficient (Wildman–Crippen LogP) is 3.04. The number of hydrogen-bond donors (Lipinski definition) is 0. The lowest BCUT2D eigenvalue weighted by Crippen LogP contribution is -2.17. The first-order valence-corrected chi connectivity index (χ1v) is 5.42. The normalized spacial score (nSPS) is 19.0. The maximum Gasteiger partial charge on any atom is 0.231 e. The van der Waals surface area contributed by atoms with Crippen molar-refractivity contribution in [3.8, 4) is 11.5 Å². The fourth-order valence-electron chi connectivity index (χ4n) is 1.32. The summed E-state index contributed by atoms with van der Waals surface area (Å²) in [7, 11) is 0. The fourth-order valence-corrected chi connectivity index (χ4v) is 1.32. The van der Waals surface area contributed by atoms with E-state index >= 15 is 0 Å². The summed E-state index contributed by atoms with van der Waals surface area (Å²) in [6.45, 7) is 3.45. The van der Waals surface area contributed by atoms with Crippen molar-refractivity contribution < 1.29 is 17.0 Å². The summed E-state index contributed by atoms with van der Waals surface area (Å²) in [5.74, 6) is 0.736. The third kappa shape index (κ3) is 2.67. The van der Waals surface area contributed by atoms with Crippen LogP contribution in [0, 0.1) is 5.41 Å². The number of hydrogen-bond acceptors (Lipinski definition) is 3. The molecular formula is C14H16O3. The zero-order chi connectivity index (χ0) is 14.3. The van der Waals surface area contributed by atoms with Gasteiger partial charge in [-0.05, 0) is 23.8 Å². The molecule has 0 radical (unpaired) electrons. The minimum Gasteiger partial charge on any atom is -0.454 e. The fraction of sp³-hybridized carbons (Fsp3) is 0.357. The summed E-state index contributed by atoms with van der Waals surface area (Å²) in [5, 5.41) is 0. The average molecular weight is 234 g/mol. The highest BCUT2D eigenvalue weighted by Crippen LogP contribution is 2.32. The standard InChI is InChI=1S/C14H16O3/c1-14(2,3)13(15)7-5-10-4-6-11-12(8-10)17-9-16-11/h4-8H,9H2,1-3H3/b7-5+/i9D2. The smallest absolute Gasteiger partial charge is 0.231 e. The van der Waals surface area contributed by atoms with Gasteiger partial charge < -0.3 is 9.47 Å². The molecule has 17 heavy (non-hydrogen) atoms. The Balaban J connectivity index is 2.17. The molecule has 1 aromatic carbocycles. The zero-order valence-electron chi connectivity index (χ0n) is 12.1. The van der Waals surface area contributed by atoms with Crippen LogP contribution >= 0.6 is 0 Å². The number of carbonyl (C=O) groups excluding carboxylic acids is 1. The maximum atomic E-state index is 11.8. The van der Waals surface area contributed by atoms with Gasteiger partial charge in [0.15, 0.2) is 17.3 Å². The van der Waals surface area contributed by atoms with Crippen molar-refractivity contribution in [3.05, 3.63) is 29.8 Å². The molecule has 1 aliphatic heterocycles. The summed E-state index contributed by atoms with van der Waals surface area (Å²) >= 11 is 0. The Morgan fingerprint density at radius 2 is 2.06 bits per heavy atom. The second kappa shape index (κ2) is 4.24. The van der Waals surface area contributed by atoms with E-state index in [2.05, 4.69) is 0 Å². The number of ether oxygens (including phenoxy) is 2. The topological polar surface area (TPSA) is 35.5 Å². The molecule has 0 N–H and O–H groups in total. The molecule has 1 heterocycles. The Bertz CT molecular complexity index is 542. The molecule has 90 valence electrons. The van der Waals surface area contributed by atoms with Gasteiger partial charge in [0.05, 0.1) is 0 Å². The highest BCUT2D eigenvalue weighted by molar-refractivity contribution is 5.97. The Kier molecular flexibility index (Phi) is 2.32. The third-order valence-corrected chi connectivity index (χ3v) is 2.44. The van der Waals surface area contributed by atoms with Crippen LogP contribution in [0.15, 0.2) is 24.3 Å². The van der Waals surface area contributed by atoms with E-state index in [1.54, 1.807) is 24.3 Å². The van der Waals surface area contributed by atoms with Crippen LogP contribution < -0.4 is 9.47 Å². The Morgan fingerprint density at radius 1 is 1.35 bits per heavy atom. The van der Waals surface area contributed by atoms with Crippen molar-refractivity contribution in [2.75, 3.05) is 6.75 Å². The summed E-state index contributed by atoms with van der Waals surface area (Å²) in [4.78, 5) is 11.8. The van der Waals surface area contributed by atoms with Gasteiger partial charge >= 0.3 is 0 Å². The summed E-state index contributed by atoms with van der Waals surface area (Å²) in [6.07, 6.45) is 3.21. The largest absolute Gasteiger partial charge is 0.454 e. The highest BCUT2D eigenvalue weighted by Gasteiger charge is 2.18. The van der Waals surface area contributed by atoms with Gasteiger partial charge in [-0.25, -0.2) is 0 Å². The van der Waals surface area contributed by atoms with Crippen molar-refractivity contribution in [1.29, 1.82) is 0 Å². The number of carbonyl (C=O) groups is 1. The number of ketones is 1. The second-order valence-electron chi connectivity index (χ2n) is 4.94. The number of allylic oxidation sites excluding steroid dienone is 1. The lowest BCUT2D eigenvalue weighted by Gasteiger charge is -2.12. The molecule has 0 bridgehead atoms. The monoisotopic (exact) mass is 234 g/mol. The SMILES string of the molecule is [2H]C1([2H])Oc2ccc(/C=C/C(=O)C(C)(C)C)cc2O1. The molecule has 0 saturated carbocycles. The van der Waals surface area contributed by atoms with Gasteiger partial charge in [-0.15, -0.1) is 0 Å². The molecule has 0 amide bonds. The molecule has 1 aliphatic rings. The van der Waals surface area contributed by atoms with E-state index in [1.165, 1.54) is 6.08 Å². The minimum atomic E-state index is -2.12. The lowest BCUT2D eigenvalue weighted by atomic mass is 9.90. The van der Waals surface area contributed by atoms with E-state index in [0.29, 0.717) is 11.5 Å². The number of fused-ring (bicyclic) bond motifs is 1. The van der Waals surface area contributed by atoms with E-state index in [0.717, 1.165) is 5.56 Å². The minimum absolute atomic E-state index is 0.0282. The maximum absolute atomic E-state index is 11.8. The van der Waals surface area contributed by atoms with Crippen molar-refractivity contribution >= 4 is 11.9 Å². The Morgan fingerprint density at radius 3 is 2.76 bits per heavy atom. The summed E-state index contributed by atoms with van der Waals surface area (Å²) < 4.78 is 24.6. The van der Waals surface area contributed by atoms with E-state index in [9.17, 15) is 4.79 Å². The first-order valence-electron chi connectivity index (χ1n) is 6.42. The van der Waals surface area contributed by atoms with E-state index in [1.807, 2.05) is 20.8 Å². The van der Waals surface area contributed by atoms with Crippen LogP contribution in [0.1, 0.15) is 29.1 Å². The van der Waals surface area contributed by atoms with Gasteiger partial charge in [0.25, 0.3) is 0 Å². The molecule has 1 aromatic rings. The molecule has 3 nitrogen and oxygen atoms in total. The highest BCUT2D eigenvalue weighted by atomic mass is 16.7. The molecule has 0 fully saturated rings. The first kappa shape index (κ1) is 9.28. The lowest BCUT2D eigenvalue weighted by molar-refractivity contribution is -0.121. The van der Waals surface area contributed by atoms with Gasteiger partial charge in [0.1, 0.15) is 2.74 Å². The molecule has 0 aliphatic carbocycles. The molecule has 0 unspecified atom stereocenters. The van der Waals surface area contributed by atoms with Crippen LogP contribution in [0.25, 0.3) is 6.08 Å². The molecule has 3 heteroatoms. The van der Waals surface area contributed by atoms with Crippen LogP contribution in [0.5, 0.6) is 11.5 Å². The van der Waals surface area contributed by atoms with Gasteiger partial charge in [-0.2, -0.15) is 0 Å². The summed E-state index contributed by atoms with van der Waals surface area (Å²) in [6, 6.07) is 5.02. The van der Waals surface area contributed by atoms with Crippen LogP contribution in [0.3, 0.4) is 0 Å². The van der Waals surface area contributed by atoms with Crippen molar-refractivity contribution in [3.63, 3.8) is 0 Å². The average Bonchev–Trinajstić information content (AvgIpc) is 2.57. The Labute approximate surface area is 104 Å². The van der Waals surface area contributed by atoms with E-state index in [-0.39, 0.29) is 5.78 Å². The van der Waals surface area contributed by atoms with Crippen molar-refractivity contribution in [1.82, 2.24) is 0 Å². The van der Waals surface area contributed by atoms with Gasteiger partial charge in [0, 0.05) is 5.41 Å². The summed E-state index contributed by atoms with van der Waals surface area (Å²) in [5.41, 5.74) is 0.349. The zero-order valence-corrected chi connectivity index (χ0v) is 10.1. The number of benzene rings is 1. The molecule has 0 saturated heterocycles. The predicted molar refractivity (Wildman–Crippen MR) is 66.1 cm³/mol. The second-order valence-corrected chi connectivity index (χ2v) is 4.94. The molecule has 2 rings (SSSR count). The van der Waals surface area contributed by atoms with E-state index in [4.69, 9.17) is 12.2 Å². The van der Waals surface area contributed by atoms with Gasteiger partial charge in [-0.3, -0.25) is 4.79 Å². The van der Waals surface area contributed by atoms with Crippen LogP contribution in [0.4, 0.5) is 0 Å². The first-order chi connectivity index (χ1) is 8.67. The van der Waals surface area contributed by atoms with Crippen LogP contribution in [-0.4, -0.2) is 12.5 Å². The molecule has 0 aromatic heterocycles.